The first-order valence-electron chi connectivity index (χ1n) is 22.3. The van der Waals surface area contributed by atoms with Crippen LogP contribution in [-0.4, -0.2) is 203 Å². The smallest absolute Gasteiger partial charge is 0.226 e. The predicted octanol–water partition coefficient (Wildman–Crippen LogP) is 2.24. The monoisotopic (exact) mass is 1020 g/mol. The van der Waals surface area contributed by atoms with Crippen molar-refractivity contribution in [2.45, 2.75) is 50.2 Å². The number of hydrogen-bond donors (Lipinski definition) is 6. The summed E-state index contributed by atoms with van der Waals surface area (Å²) in [6.45, 7) is 7.70. The van der Waals surface area contributed by atoms with Gasteiger partial charge < -0.3 is 88.4 Å². The molecule has 2 aromatic heterocycles. The Morgan fingerprint density at radius 2 is 1.50 bits per heavy atom. The minimum Gasteiger partial charge on any atom is -0.393 e. The van der Waals surface area contributed by atoms with E-state index in [9.17, 15) is 14.9 Å². The fourth-order valence-corrected chi connectivity index (χ4v) is 7.33. The van der Waals surface area contributed by atoms with Crippen LogP contribution in [0.2, 0.25) is 10.3 Å². The zero-order chi connectivity index (χ0) is 48.7. The molecule has 1 aromatic carbocycles. The van der Waals surface area contributed by atoms with Crippen molar-refractivity contribution in [3.05, 3.63) is 57.6 Å². The van der Waals surface area contributed by atoms with Gasteiger partial charge in [0.1, 0.15) is 23.6 Å². The highest BCUT2D eigenvalue weighted by Gasteiger charge is 2.41. The molecule has 68 heavy (non-hydrogen) atoms. The molecule has 1 fully saturated rings. The highest BCUT2D eigenvalue weighted by Crippen LogP contribution is 2.43. The molecule has 1 aliphatic heterocycles. The van der Waals surface area contributed by atoms with Crippen molar-refractivity contribution < 1.29 is 67.0 Å². The topological polar surface area (TPSA) is 284 Å². The Morgan fingerprint density at radius 1 is 0.882 bits per heavy atom. The average molecular weight is 1020 g/mol. The number of nitrogens with two attached hydrogens (primary N) is 1. The molecule has 7 N–H and O–H groups in total. The number of aliphatic hydroxyl groups is 1. The fraction of sp³-hybridized carbons (Fsp3) is 0.690. The van der Waals surface area contributed by atoms with E-state index in [2.05, 4.69) is 25.6 Å². The van der Waals surface area contributed by atoms with E-state index in [-0.39, 0.29) is 24.3 Å². The molecule has 384 valence electrons. The lowest BCUT2D eigenvalue weighted by molar-refractivity contribution is -0.101. The average Bonchev–Trinajstić information content (AvgIpc) is 3.99. The number of benzene rings is 1. The first-order chi connectivity index (χ1) is 33.2. The van der Waals surface area contributed by atoms with E-state index < -0.39 is 32.7 Å². The van der Waals surface area contributed by atoms with Crippen LogP contribution >= 0.6 is 31.6 Å². The number of anilines is 2. The van der Waals surface area contributed by atoms with E-state index in [0.717, 1.165) is 11.8 Å². The van der Waals surface area contributed by atoms with Crippen LogP contribution < -0.4 is 16.0 Å². The Balaban J connectivity index is 1.10. The van der Waals surface area contributed by atoms with Gasteiger partial charge in [-0.15, -0.1) is 5.10 Å². The molecule has 0 aliphatic carbocycles. The van der Waals surface area contributed by atoms with Crippen LogP contribution in [0.4, 0.5) is 11.6 Å². The van der Waals surface area contributed by atoms with Crippen molar-refractivity contribution in [1.29, 1.82) is 5.41 Å². The van der Waals surface area contributed by atoms with Gasteiger partial charge in [0.25, 0.3) is 0 Å². The highest BCUT2D eigenvalue weighted by molar-refractivity contribution is 7.46. The van der Waals surface area contributed by atoms with Crippen LogP contribution in [0.3, 0.4) is 0 Å². The number of hydrogen-bond acceptors (Lipinski definition) is 22. The number of halogens is 2. The van der Waals surface area contributed by atoms with E-state index in [4.69, 9.17) is 86.5 Å². The maximum Gasteiger partial charge on any atom is 0.226 e. The minimum absolute atomic E-state index is 0.0212. The lowest BCUT2D eigenvalue weighted by Crippen LogP contribution is -2.41. The van der Waals surface area contributed by atoms with Crippen molar-refractivity contribution in [2.75, 3.05) is 149 Å². The number of nitrogens with one attached hydrogen (secondary N) is 2. The molecule has 26 heteroatoms. The largest absolute Gasteiger partial charge is 0.393 e. The fourth-order valence-electron chi connectivity index (χ4n) is 6.41. The molecule has 0 amide bonds. The van der Waals surface area contributed by atoms with E-state index in [1.807, 2.05) is 29.3 Å². The normalized spacial score (nSPS) is 15.9. The summed E-state index contributed by atoms with van der Waals surface area (Å²) in [6.07, 6.45) is 3.09. The van der Waals surface area contributed by atoms with Gasteiger partial charge in [0.15, 0.2) is 5.34 Å². The van der Waals surface area contributed by atoms with Crippen LogP contribution in [0.5, 0.6) is 0 Å². The van der Waals surface area contributed by atoms with E-state index in [1.165, 1.54) is 7.11 Å². The third-order valence-corrected chi connectivity index (χ3v) is 11.6. The zero-order valence-electron chi connectivity index (χ0n) is 38.6. The van der Waals surface area contributed by atoms with Gasteiger partial charge in [0.2, 0.25) is 13.7 Å². The van der Waals surface area contributed by atoms with Crippen molar-refractivity contribution >= 4 is 49.4 Å². The summed E-state index contributed by atoms with van der Waals surface area (Å²) in [7, 11) is -1.29. The van der Waals surface area contributed by atoms with Gasteiger partial charge in [0, 0.05) is 38.0 Å². The molecule has 3 atom stereocenters. The zero-order valence-corrected chi connectivity index (χ0v) is 41.0. The van der Waals surface area contributed by atoms with Gasteiger partial charge in [-0.1, -0.05) is 35.0 Å². The number of ether oxygens (including phenoxy) is 11. The van der Waals surface area contributed by atoms with Crippen LogP contribution in [0.15, 0.2) is 30.5 Å². The summed E-state index contributed by atoms with van der Waals surface area (Å²) in [5, 5.41) is 28.5. The maximum atomic E-state index is 9.91. The summed E-state index contributed by atoms with van der Waals surface area (Å²) >= 11 is 13.1. The third-order valence-electron chi connectivity index (χ3n) is 9.89. The molecule has 0 spiro atoms. The second-order valence-electron chi connectivity index (χ2n) is 14.9. The first kappa shape index (κ1) is 57.7. The summed E-state index contributed by atoms with van der Waals surface area (Å²) in [4.78, 5) is 30.6. The van der Waals surface area contributed by atoms with E-state index in [1.54, 1.807) is 10.7 Å². The standard InChI is InChI=1S/C42H68Cl2N9O14P/c1-57-32-42(31-54,68(55)56)66-30-35-6-7-38(67-35)47-39-36(26-46)40(49-41(44)48-39)52(27-33-4-2-3-5-37(33)43)9-12-59-15-18-62-22-23-64-24-25-65-29-34-28-53(51-50-34)10-13-60-16-19-63-21-20-61-17-14-58-11-8-45/h2-5,26,28,35,38,46,54-56H,6-25,27,29-32,45H2,1H3,(H,47,48,49). The molecule has 3 aromatic rings. The number of aliphatic hydroxyl groups excluding tert-OH is 1. The Hall–Kier alpha value is -2.88. The molecule has 23 nitrogen and oxygen atoms in total. The lowest BCUT2D eigenvalue weighted by atomic mass is 10.2. The van der Waals surface area contributed by atoms with Crippen molar-refractivity contribution in [3.8, 4) is 0 Å². The molecular formula is C42H68Cl2N9O14P. The first-order valence-corrected chi connectivity index (χ1v) is 24.3. The van der Waals surface area contributed by atoms with Crippen LogP contribution in [0, 0.1) is 5.41 Å². The molecule has 0 saturated carbocycles. The van der Waals surface area contributed by atoms with Crippen LogP contribution in [-0.2, 0) is 71.8 Å². The Kier molecular flexibility index (Phi) is 29.2. The summed E-state index contributed by atoms with van der Waals surface area (Å²) < 4.78 is 63.3. The Labute approximate surface area is 408 Å². The molecule has 3 unspecified atom stereocenters. The van der Waals surface area contributed by atoms with Gasteiger partial charge in [-0.25, -0.2) is 4.68 Å². The lowest BCUT2D eigenvalue weighted by Gasteiger charge is -2.32. The highest BCUT2D eigenvalue weighted by atomic mass is 35.5. The molecule has 3 heterocycles. The summed E-state index contributed by atoms with van der Waals surface area (Å²) in [6, 6.07) is 7.44. The van der Waals surface area contributed by atoms with E-state index >= 15 is 0 Å². The minimum atomic E-state index is -2.66. The van der Waals surface area contributed by atoms with Crippen LogP contribution in [0.1, 0.15) is 29.7 Å². The molecule has 1 aliphatic rings. The van der Waals surface area contributed by atoms with Gasteiger partial charge in [-0.3, -0.25) is 0 Å². The quantitative estimate of drug-likeness (QED) is 0.0206. The van der Waals surface area contributed by atoms with Crippen molar-refractivity contribution in [2.24, 2.45) is 5.73 Å². The van der Waals surface area contributed by atoms with Gasteiger partial charge in [-0.2, -0.15) is 9.97 Å². The Bertz CT molecular complexity index is 1820. The molecule has 0 radical (unpaired) electrons. The number of nitrogens with zero attached hydrogens (tertiary/aromatic N) is 6. The number of aromatic nitrogens is 5. The maximum absolute atomic E-state index is 9.91. The van der Waals surface area contributed by atoms with Gasteiger partial charge >= 0.3 is 0 Å². The molecule has 1 saturated heterocycles. The summed E-state index contributed by atoms with van der Waals surface area (Å²) in [5.74, 6) is 0.673. The third kappa shape index (κ3) is 21.6. The number of rotatable bonds is 41. The van der Waals surface area contributed by atoms with Crippen molar-refractivity contribution in [1.82, 2.24) is 25.0 Å². The van der Waals surface area contributed by atoms with Crippen LogP contribution in [0.25, 0.3) is 0 Å². The second-order valence-corrected chi connectivity index (χ2v) is 17.1. The van der Waals surface area contributed by atoms with Crippen molar-refractivity contribution in [3.63, 3.8) is 0 Å². The Morgan fingerprint density at radius 3 is 2.10 bits per heavy atom. The summed E-state index contributed by atoms with van der Waals surface area (Å²) in [5.41, 5.74) is 7.27. The SMILES string of the molecule is COCC(CO)(OCC1CCC(Nc2nc(Cl)nc(N(CCOCCOCCOCCOCc3cn(CCOCCOCCOCCOCCN)nn3)Cc3ccccc3Cl)c2C=N)O1)P(O)O. The molecule has 4 rings (SSSR count). The van der Waals surface area contributed by atoms with E-state index in [0.29, 0.717) is 167 Å². The molecular weight excluding hydrogens is 956 g/mol. The number of methoxy groups -OCH3 is 1. The van der Waals surface area contributed by atoms with Gasteiger partial charge in [0.05, 0.1) is 150 Å². The predicted molar refractivity (Wildman–Crippen MR) is 252 cm³/mol. The second kappa shape index (κ2) is 34.4. The molecule has 0 bridgehead atoms. The van der Waals surface area contributed by atoms with Gasteiger partial charge in [-0.05, 0) is 36.1 Å².